The molecule has 0 bridgehead atoms. The van der Waals surface area contributed by atoms with E-state index >= 15 is 0 Å². The molecule has 2 rings (SSSR count). The number of ketones is 1. The lowest BCUT2D eigenvalue weighted by atomic mass is 10.0. The van der Waals surface area contributed by atoms with E-state index in [-0.39, 0.29) is 11.6 Å². The van der Waals surface area contributed by atoms with Crippen LogP contribution in [0.2, 0.25) is 0 Å². The molecule has 120 valence electrons. The van der Waals surface area contributed by atoms with Gasteiger partial charge in [-0.25, -0.2) is 4.39 Å². The van der Waals surface area contributed by atoms with Gasteiger partial charge in [0.2, 0.25) is 0 Å². The highest BCUT2D eigenvalue weighted by molar-refractivity contribution is 6.08. The molecule has 1 N–H and O–H groups in total. The summed E-state index contributed by atoms with van der Waals surface area (Å²) in [5.41, 5.74) is 0.766. The number of piperazine rings is 1. The second-order valence-electron chi connectivity index (χ2n) is 5.52. The van der Waals surface area contributed by atoms with Crippen LogP contribution in [-0.2, 0) is 0 Å². The number of carbonyl (C=O) groups is 1. The lowest BCUT2D eigenvalue weighted by molar-refractivity contribution is 0.101. The van der Waals surface area contributed by atoms with Crippen molar-refractivity contribution in [2.75, 3.05) is 39.3 Å². The summed E-state index contributed by atoms with van der Waals surface area (Å²) in [6.07, 6.45) is 1.38. The van der Waals surface area contributed by atoms with Gasteiger partial charge in [0.1, 0.15) is 5.82 Å². The van der Waals surface area contributed by atoms with E-state index < -0.39 is 0 Å². The van der Waals surface area contributed by atoms with Crippen molar-refractivity contribution in [3.8, 4) is 0 Å². The number of hydrogen-bond acceptors (Lipinski definition) is 4. The van der Waals surface area contributed by atoms with E-state index in [9.17, 15) is 14.3 Å². The normalized spacial score (nSPS) is 17.6. The summed E-state index contributed by atoms with van der Waals surface area (Å²) < 4.78 is 12.9. The zero-order valence-corrected chi connectivity index (χ0v) is 13.0. The first-order chi connectivity index (χ1) is 10.6. The maximum Gasteiger partial charge on any atom is 0.192 e. The van der Waals surface area contributed by atoms with Gasteiger partial charge in [-0.1, -0.05) is 6.92 Å². The van der Waals surface area contributed by atoms with Crippen LogP contribution in [0.5, 0.6) is 0 Å². The monoisotopic (exact) mass is 306 g/mol. The van der Waals surface area contributed by atoms with E-state index in [1.54, 1.807) is 0 Å². The zero-order chi connectivity index (χ0) is 15.9. The maximum atomic E-state index is 12.9. The van der Waals surface area contributed by atoms with Crippen LogP contribution in [0.15, 0.2) is 36.1 Å². The molecule has 1 aromatic rings. The van der Waals surface area contributed by atoms with Crippen LogP contribution < -0.4 is 0 Å². The van der Waals surface area contributed by atoms with Crippen molar-refractivity contribution in [2.24, 2.45) is 0 Å². The predicted molar refractivity (Wildman–Crippen MR) is 84.6 cm³/mol. The highest BCUT2D eigenvalue weighted by Crippen LogP contribution is 2.14. The first-order valence-electron chi connectivity index (χ1n) is 7.72. The highest BCUT2D eigenvalue weighted by Gasteiger charge is 2.18. The zero-order valence-electron chi connectivity index (χ0n) is 13.0. The fourth-order valence-corrected chi connectivity index (χ4v) is 2.63. The number of rotatable bonds is 6. The van der Waals surface area contributed by atoms with E-state index in [1.165, 1.54) is 24.3 Å². The predicted octanol–water partition coefficient (Wildman–Crippen LogP) is 2.48. The second kappa shape index (κ2) is 8.06. The van der Waals surface area contributed by atoms with Crippen LogP contribution in [0.3, 0.4) is 0 Å². The molecule has 1 aliphatic rings. The smallest absolute Gasteiger partial charge is 0.192 e. The minimum absolute atomic E-state index is 0.241. The Hall–Kier alpha value is -1.72. The van der Waals surface area contributed by atoms with E-state index in [1.807, 2.05) is 0 Å². The number of carbonyl (C=O) groups excluding carboxylic acids is 1. The van der Waals surface area contributed by atoms with Gasteiger partial charge in [-0.3, -0.25) is 4.79 Å². The van der Waals surface area contributed by atoms with Crippen LogP contribution in [0.25, 0.3) is 0 Å². The SMILES string of the molecule is CCN1CCN(CC/C(=C\O)C(=O)c2ccc(F)cc2)CC1. The van der Waals surface area contributed by atoms with Crippen LogP contribution in [0, 0.1) is 5.82 Å². The lowest BCUT2D eigenvalue weighted by Crippen LogP contribution is -2.46. The Bertz CT molecular complexity index is 520. The summed E-state index contributed by atoms with van der Waals surface area (Å²) in [4.78, 5) is 17.0. The summed E-state index contributed by atoms with van der Waals surface area (Å²) in [6.45, 7) is 8.02. The maximum absolute atomic E-state index is 12.9. The molecule has 0 unspecified atom stereocenters. The van der Waals surface area contributed by atoms with Gasteiger partial charge in [0, 0.05) is 43.9 Å². The number of hydrogen-bond donors (Lipinski definition) is 1. The molecule has 0 spiro atoms. The Morgan fingerprint density at radius 3 is 2.32 bits per heavy atom. The Morgan fingerprint density at radius 2 is 1.77 bits per heavy atom. The van der Waals surface area contributed by atoms with Crippen molar-refractivity contribution in [3.63, 3.8) is 0 Å². The topological polar surface area (TPSA) is 43.8 Å². The summed E-state index contributed by atoms with van der Waals surface area (Å²) in [7, 11) is 0. The molecule has 1 heterocycles. The van der Waals surface area contributed by atoms with Gasteiger partial charge in [0.25, 0.3) is 0 Å². The Balaban J connectivity index is 1.87. The molecule has 1 aliphatic heterocycles. The Morgan fingerprint density at radius 1 is 1.18 bits per heavy atom. The third-order valence-electron chi connectivity index (χ3n) is 4.16. The van der Waals surface area contributed by atoms with Crippen molar-refractivity contribution in [1.82, 2.24) is 9.80 Å². The van der Waals surface area contributed by atoms with Gasteiger partial charge in [0.05, 0.1) is 6.26 Å². The summed E-state index contributed by atoms with van der Waals surface area (Å²) in [5.74, 6) is -0.616. The Labute approximate surface area is 130 Å². The number of Topliss-reactive ketones (excluding diaryl/α,β-unsaturated/α-hetero) is 1. The molecular formula is C17H23FN2O2. The van der Waals surface area contributed by atoms with Crippen LogP contribution in [-0.4, -0.2) is 60.0 Å². The van der Waals surface area contributed by atoms with Gasteiger partial charge < -0.3 is 14.9 Å². The van der Waals surface area contributed by atoms with Crippen molar-refractivity contribution in [3.05, 3.63) is 47.5 Å². The van der Waals surface area contributed by atoms with Gasteiger partial charge in [-0.2, -0.15) is 0 Å². The van der Waals surface area contributed by atoms with E-state index in [4.69, 9.17) is 0 Å². The van der Waals surface area contributed by atoms with E-state index in [0.717, 1.165) is 45.5 Å². The van der Waals surface area contributed by atoms with Gasteiger partial charge in [-0.15, -0.1) is 0 Å². The molecule has 22 heavy (non-hydrogen) atoms. The fourth-order valence-electron chi connectivity index (χ4n) is 2.63. The molecular weight excluding hydrogens is 283 g/mol. The average Bonchev–Trinajstić information content (AvgIpc) is 2.56. The third kappa shape index (κ3) is 4.39. The molecule has 0 amide bonds. The standard InChI is InChI=1S/C17H23FN2O2/c1-2-19-9-11-20(12-10-19)8-7-15(13-21)17(22)14-3-5-16(18)6-4-14/h3-6,13,21H,2,7-12H2,1H3/b15-13+. The largest absolute Gasteiger partial charge is 0.515 e. The van der Waals surface area contributed by atoms with Crippen LogP contribution >= 0.6 is 0 Å². The third-order valence-corrected chi connectivity index (χ3v) is 4.16. The minimum atomic E-state index is -0.375. The second-order valence-corrected chi connectivity index (χ2v) is 5.52. The molecule has 1 saturated heterocycles. The molecule has 0 aliphatic carbocycles. The summed E-state index contributed by atoms with van der Waals surface area (Å²) in [5, 5.41) is 9.34. The highest BCUT2D eigenvalue weighted by atomic mass is 19.1. The average molecular weight is 306 g/mol. The number of aliphatic hydroxyl groups excluding tert-OH is 1. The number of nitrogens with zero attached hydrogens (tertiary/aromatic N) is 2. The van der Waals surface area contributed by atoms with Crippen molar-refractivity contribution >= 4 is 5.78 Å². The van der Waals surface area contributed by atoms with Gasteiger partial charge >= 0.3 is 0 Å². The van der Waals surface area contributed by atoms with Gasteiger partial charge in [-0.05, 0) is 37.2 Å². The number of halogens is 1. The first-order valence-corrected chi connectivity index (χ1v) is 7.72. The fraction of sp³-hybridized carbons (Fsp3) is 0.471. The molecule has 1 aromatic carbocycles. The van der Waals surface area contributed by atoms with Crippen molar-refractivity contribution in [2.45, 2.75) is 13.3 Å². The molecule has 0 aromatic heterocycles. The van der Waals surface area contributed by atoms with Crippen molar-refractivity contribution in [1.29, 1.82) is 0 Å². The molecule has 4 nitrogen and oxygen atoms in total. The number of aliphatic hydroxyl groups is 1. The van der Waals surface area contributed by atoms with Crippen molar-refractivity contribution < 1.29 is 14.3 Å². The quantitative estimate of drug-likeness (QED) is 0.498. The molecule has 0 saturated carbocycles. The van der Waals surface area contributed by atoms with Crippen LogP contribution in [0.4, 0.5) is 4.39 Å². The number of likely N-dealkylation sites (N-methyl/N-ethyl adjacent to an activating group) is 1. The number of benzene rings is 1. The molecule has 0 radical (unpaired) electrons. The minimum Gasteiger partial charge on any atom is -0.515 e. The van der Waals surface area contributed by atoms with Crippen LogP contribution in [0.1, 0.15) is 23.7 Å². The summed E-state index contributed by atoms with van der Waals surface area (Å²) in [6, 6.07) is 5.40. The van der Waals surface area contributed by atoms with Gasteiger partial charge in [0.15, 0.2) is 5.78 Å². The van der Waals surface area contributed by atoms with E-state index in [2.05, 4.69) is 16.7 Å². The molecule has 1 fully saturated rings. The lowest BCUT2D eigenvalue weighted by Gasteiger charge is -2.34. The molecule has 5 heteroatoms. The molecule has 0 atom stereocenters. The first kappa shape index (κ1) is 16.6. The Kier molecular flexibility index (Phi) is 6.10. The summed E-state index contributed by atoms with van der Waals surface area (Å²) >= 11 is 0. The van der Waals surface area contributed by atoms with E-state index in [0.29, 0.717) is 17.6 Å².